The largest absolute Gasteiger partial charge is 0.491 e. The van der Waals surface area contributed by atoms with E-state index in [1.165, 1.54) is 0 Å². The Hall–Kier alpha value is -2.45. The van der Waals surface area contributed by atoms with Gasteiger partial charge in [-0.1, -0.05) is 24.3 Å². The molecule has 0 bridgehead atoms. The van der Waals surface area contributed by atoms with E-state index >= 15 is 0 Å². The number of carbonyl (C=O) groups is 1. The van der Waals surface area contributed by atoms with E-state index in [1.54, 1.807) is 62.4 Å². The van der Waals surface area contributed by atoms with Crippen LogP contribution >= 0.6 is 0 Å². The lowest BCUT2D eigenvalue weighted by molar-refractivity contribution is -0.126. The van der Waals surface area contributed by atoms with Crippen molar-refractivity contribution in [1.82, 2.24) is 0 Å². The summed E-state index contributed by atoms with van der Waals surface area (Å²) in [6.07, 6.45) is -1.93. The number of ether oxygens (including phenoxy) is 2. The minimum absolute atomic E-state index is 0.101. The molecule has 0 spiro atoms. The van der Waals surface area contributed by atoms with Crippen molar-refractivity contribution in [1.29, 1.82) is 0 Å². The standard InChI is InChI=1S/C23H30O7/c1-15(26)21(17-3-7-19(8-4-17)29-13-11-24)23(28)22(16(2)27)18-5-9-20(10-6-18)30-14-12-25/h3-10,15-16,21-22,24-27H,11-14H2,1-2H3. The van der Waals surface area contributed by atoms with Crippen LogP contribution in [0.25, 0.3) is 0 Å². The molecule has 0 amide bonds. The third-order valence-corrected chi connectivity index (χ3v) is 4.78. The Morgan fingerprint density at radius 3 is 1.33 bits per heavy atom. The minimum Gasteiger partial charge on any atom is -0.491 e. The molecule has 0 saturated carbocycles. The fourth-order valence-corrected chi connectivity index (χ4v) is 3.42. The van der Waals surface area contributed by atoms with Gasteiger partial charge in [-0.2, -0.15) is 0 Å². The molecule has 2 rings (SSSR count). The number of aliphatic hydroxyl groups excluding tert-OH is 4. The first-order valence-electron chi connectivity index (χ1n) is 9.96. The van der Waals surface area contributed by atoms with E-state index in [0.29, 0.717) is 22.6 Å². The van der Waals surface area contributed by atoms with Crippen LogP contribution in [-0.4, -0.2) is 64.8 Å². The monoisotopic (exact) mass is 418 g/mol. The molecule has 4 N–H and O–H groups in total. The highest BCUT2D eigenvalue weighted by Gasteiger charge is 2.35. The zero-order chi connectivity index (χ0) is 22.1. The Morgan fingerprint density at radius 2 is 1.07 bits per heavy atom. The van der Waals surface area contributed by atoms with Gasteiger partial charge in [0.05, 0.1) is 37.3 Å². The number of Topliss-reactive ketones (excluding diaryl/α,β-unsaturated/α-hetero) is 1. The molecule has 164 valence electrons. The van der Waals surface area contributed by atoms with Crippen molar-refractivity contribution in [2.75, 3.05) is 26.4 Å². The lowest BCUT2D eigenvalue weighted by Gasteiger charge is -2.27. The zero-order valence-electron chi connectivity index (χ0n) is 17.3. The zero-order valence-corrected chi connectivity index (χ0v) is 17.3. The average Bonchev–Trinajstić information content (AvgIpc) is 2.72. The molecule has 0 fully saturated rings. The van der Waals surface area contributed by atoms with Crippen molar-refractivity contribution in [3.8, 4) is 11.5 Å². The Labute approximate surface area is 176 Å². The minimum atomic E-state index is -0.963. The molecule has 4 atom stereocenters. The molecule has 0 aromatic heterocycles. The highest BCUT2D eigenvalue weighted by atomic mass is 16.5. The summed E-state index contributed by atoms with van der Waals surface area (Å²) in [6.45, 7) is 3.22. The number of carbonyl (C=O) groups excluding carboxylic acids is 1. The van der Waals surface area contributed by atoms with Crippen molar-refractivity contribution in [3.63, 3.8) is 0 Å². The summed E-state index contributed by atoms with van der Waals surface area (Å²) in [7, 11) is 0. The molecule has 7 nitrogen and oxygen atoms in total. The molecule has 0 aliphatic heterocycles. The molecule has 2 aromatic carbocycles. The quantitative estimate of drug-likeness (QED) is 0.414. The molecular formula is C23H30O7. The second kappa shape index (κ2) is 11.7. The smallest absolute Gasteiger partial charge is 0.152 e. The number of ketones is 1. The normalized spacial score (nSPS) is 15.1. The van der Waals surface area contributed by atoms with Gasteiger partial charge in [0.1, 0.15) is 24.7 Å². The fraction of sp³-hybridized carbons (Fsp3) is 0.435. The van der Waals surface area contributed by atoms with Gasteiger partial charge in [0.25, 0.3) is 0 Å². The fourth-order valence-electron chi connectivity index (χ4n) is 3.42. The van der Waals surface area contributed by atoms with Crippen LogP contribution in [-0.2, 0) is 4.79 Å². The van der Waals surface area contributed by atoms with E-state index in [9.17, 15) is 15.0 Å². The third-order valence-electron chi connectivity index (χ3n) is 4.78. The Morgan fingerprint density at radius 1 is 0.733 bits per heavy atom. The molecule has 30 heavy (non-hydrogen) atoms. The molecule has 0 heterocycles. The van der Waals surface area contributed by atoms with Gasteiger partial charge in [-0.05, 0) is 49.2 Å². The molecule has 0 saturated heterocycles. The molecule has 0 aliphatic rings. The summed E-state index contributed by atoms with van der Waals surface area (Å²) in [5.41, 5.74) is 1.22. The van der Waals surface area contributed by atoms with Gasteiger partial charge in [0, 0.05) is 0 Å². The van der Waals surface area contributed by atoms with Crippen molar-refractivity contribution in [2.45, 2.75) is 37.9 Å². The second-order valence-electron chi connectivity index (χ2n) is 7.12. The van der Waals surface area contributed by atoms with E-state index in [0.717, 1.165) is 0 Å². The summed E-state index contributed by atoms with van der Waals surface area (Å²) < 4.78 is 10.7. The summed E-state index contributed by atoms with van der Waals surface area (Å²) in [5.74, 6) is -0.859. The first-order chi connectivity index (χ1) is 14.4. The Bertz CT molecular complexity index is 704. The van der Waals surface area contributed by atoms with Gasteiger partial charge in [-0.25, -0.2) is 0 Å². The van der Waals surface area contributed by atoms with Crippen LogP contribution in [0.5, 0.6) is 11.5 Å². The maximum atomic E-state index is 13.4. The molecule has 7 heteroatoms. The number of hydrogen-bond donors (Lipinski definition) is 4. The van der Waals surface area contributed by atoms with E-state index in [1.807, 2.05) is 0 Å². The van der Waals surface area contributed by atoms with E-state index in [4.69, 9.17) is 19.7 Å². The highest BCUT2D eigenvalue weighted by Crippen LogP contribution is 2.33. The predicted molar refractivity (Wildman–Crippen MR) is 112 cm³/mol. The van der Waals surface area contributed by atoms with E-state index < -0.39 is 24.0 Å². The Kier molecular flexibility index (Phi) is 9.26. The maximum absolute atomic E-state index is 13.4. The van der Waals surface area contributed by atoms with Gasteiger partial charge >= 0.3 is 0 Å². The van der Waals surface area contributed by atoms with Crippen molar-refractivity contribution < 1.29 is 34.7 Å². The summed E-state index contributed by atoms with van der Waals surface area (Å²) in [4.78, 5) is 13.4. The number of rotatable bonds is 12. The van der Waals surface area contributed by atoms with Crippen molar-refractivity contribution in [3.05, 3.63) is 59.7 Å². The first-order valence-corrected chi connectivity index (χ1v) is 9.96. The molecule has 0 aliphatic carbocycles. The van der Waals surface area contributed by atoms with Crippen LogP contribution in [0.4, 0.5) is 0 Å². The Balaban J connectivity index is 2.27. The van der Waals surface area contributed by atoms with Crippen molar-refractivity contribution in [2.24, 2.45) is 0 Å². The summed E-state index contributed by atoms with van der Waals surface area (Å²) in [5, 5.41) is 38.4. The highest BCUT2D eigenvalue weighted by molar-refractivity contribution is 5.92. The van der Waals surface area contributed by atoms with Crippen LogP contribution in [0.2, 0.25) is 0 Å². The predicted octanol–water partition coefficient (Wildman–Crippen LogP) is 1.63. The lowest BCUT2D eigenvalue weighted by atomic mass is 9.79. The van der Waals surface area contributed by atoms with Gasteiger partial charge < -0.3 is 29.9 Å². The molecule has 4 unspecified atom stereocenters. The van der Waals surface area contributed by atoms with Crippen LogP contribution in [0.1, 0.15) is 36.8 Å². The number of hydrogen-bond acceptors (Lipinski definition) is 7. The van der Waals surface area contributed by atoms with Crippen LogP contribution < -0.4 is 9.47 Å². The summed E-state index contributed by atoms with van der Waals surface area (Å²) in [6, 6.07) is 13.5. The second-order valence-corrected chi connectivity index (χ2v) is 7.12. The number of benzene rings is 2. The van der Waals surface area contributed by atoms with E-state index in [-0.39, 0.29) is 32.2 Å². The topological polar surface area (TPSA) is 116 Å². The summed E-state index contributed by atoms with van der Waals surface area (Å²) >= 11 is 0. The third kappa shape index (κ3) is 6.27. The van der Waals surface area contributed by atoms with Crippen LogP contribution in [0.3, 0.4) is 0 Å². The van der Waals surface area contributed by atoms with Crippen LogP contribution in [0, 0.1) is 0 Å². The van der Waals surface area contributed by atoms with Crippen molar-refractivity contribution >= 4 is 5.78 Å². The first kappa shape index (κ1) is 23.8. The SMILES string of the molecule is CC(O)C(C(=O)C(c1ccc(OCCO)cc1)C(C)O)c1ccc(OCCO)cc1. The average molecular weight is 418 g/mol. The van der Waals surface area contributed by atoms with E-state index in [2.05, 4.69) is 0 Å². The van der Waals surface area contributed by atoms with Gasteiger partial charge in [-0.3, -0.25) is 4.79 Å². The molecular weight excluding hydrogens is 388 g/mol. The lowest BCUT2D eigenvalue weighted by Crippen LogP contribution is -2.33. The number of aliphatic hydroxyl groups is 4. The molecule has 0 radical (unpaired) electrons. The van der Waals surface area contributed by atoms with Gasteiger partial charge in [0.2, 0.25) is 0 Å². The van der Waals surface area contributed by atoms with Crippen LogP contribution in [0.15, 0.2) is 48.5 Å². The maximum Gasteiger partial charge on any atom is 0.152 e. The molecule has 2 aromatic rings. The van der Waals surface area contributed by atoms with Gasteiger partial charge in [0.15, 0.2) is 5.78 Å². The van der Waals surface area contributed by atoms with Gasteiger partial charge in [-0.15, -0.1) is 0 Å².